The Balaban J connectivity index is 1.50. The number of aliphatic imine (C=N–C) groups is 1. The second kappa shape index (κ2) is 9.26. The number of nitrogens with zero attached hydrogens (tertiary/aromatic N) is 1. The van der Waals surface area contributed by atoms with Crippen molar-refractivity contribution in [2.24, 2.45) is 4.99 Å². The molecule has 0 saturated heterocycles. The molecule has 0 aromatic heterocycles. The highest BCUT2D eigenvalue weighted by molar-refractivity contribution is 5.94. The summed E-state index contributed by atoms with van der Waals surface area (Å²) in [5.41, 5.74) is 3.22. The van der Waals surface area contributed by atoms with Crippen molar-refractivity contribution in [1.29, 1.82) is 0 Å². The molecule has 2 unspecified atom stereocenters. The molecule has 2 aromatic carbocycles. The Kier molecular flexibility index (Phi) is 6.53. The van der Waals surface area contributed by atoms with E-state index in [1.807, 2.05) is 56.3 Å². The standard InChI is InChI=1S/C22H28N4O2/c1-15-7-6-8-18(11-15)28-16(2)13-24-22(23-3)25-14-17-12-21(27)26-20-10-5-4-9-19(17)20/h4-11,16-17H,12-14H2,1-3H3,(H,26,27)(H2,23,24,25). The molecule has 148 valence electrons. The number of anilines is 1. The second-order valence-corrected chi connectivity index (χ2v) is 7.12. The van der Waals surface area contributed by atoms with Crippen LogP contribution < -0.4 is 20.7 Å². The third-order valence-electron chi connectivity index (χ3n) is 4.73. The Bertz CT molecular complexity index is 850. The van der Waals surface area contributed by atoms with Crippen molar-refractivity contribution in [3.63, 3.8) is 0 Å². The fraction of sp³-hybridized carbons (Fsp3) is 0.364. The summed E-state index contributed by atoms with van der Waals surface area (Å²) in [6.07, 6.45) is 0.454. The highest BCUT2D eigenvalue weighted by Crippen LogP contribution is 2.31. The molecule has 3 N–H and O–H groups in total. The smallest absolute Gasteiger partial charge is 0.225 e. The summed E-state index contributed by atoms with van der Waals surface area (Å²) in [6.45, 7) is 5.32. The zero-order valence-electron chi connectivity index (χ0n) is 16.7. The Morgan fingerprint density at radius 2 is 2.07 bits per heavy atom. The summed E-state index contributed by atoms with van der Waals surface area (Å²) >= 11 is 0. The summed E-state index contributed by atoms with van der Waals surface area (Å²) in [5.74, 6) is 1.73. The average molecular weight is 380 g/mol. The van der Waals surface area contributed by atoms with Gasteiger partial charge < -0.3 is 20.7 Å². The molecule has 1 amide bonds. The Hall–Kier alpha value is -3.02. The van der Waals surface area contributed by atoms with Crippen LogP contribution in [0.2, 0.25) is 0 Å². The predicted octanol–water partition coefficient (Wildman–Crippen LogP) is 3.05. The summed E-state index contributed by atoms with van der Waals surface area (Å²) in [4.78, 5) is 16.2. The highest BCUT2D eigenvalue weighted by Gasteiger charge is 2.24. The van der Waals surface area contributed by atoms with Crippen LogP contribution in [0, 0.1) is 6.92 Å². The third-order valence-corrected chi connectivity index (χ3v) is 4.73. The predicted molar refractivity (Wildman–Crippen MR) is 113 cm³/mol. The zero-order chi connectivity index (χ0) is 19.9. The van der Waals surface area contributed by atoms with E-state index in [4.69, 9.17) is 4.74 Å². The van der Waals surface area contributed by atoms with Crippen LogP contribution >= 0.6 is 0 Å². The van der Waals surface area contributed by atoms with Gasteiger partial charge in [0.05, 0.1) is 6.54 Å². The van der Waals surface area contributed by atoms with Gasteiger partial charge in [-0.15, -0.1) is 0 Å². The third kappa shape index (κ3) is 5.25. The fourth-order valence-corrected chi connectivity index (χ4v) is 3.33. The lowest BCUT2D eigenvalue weighted by molar-refractivity contribution is -0.116. The number of carbonyl (C=O) groups excluding carboxylic acids is 1. The number of para-hydroxylation sites is 1. The molecule has 1 heterocycles. The molecule has 0 aliphatic carbocycles. The van der Waals surface area contributed by atoms with Crippen molar-refractivity contribution in [1.82, 2.24) is 10.6 Å². The van der Waals surface area contributed by atoms with E-state index in [2.05, 4.69) is 27.0 Å². The number of guanidine groups is 1. The van der Waals surface area contributed by atoms with E-state index in [-0.39, 0.29) is 17.9 Å². The van der Waals surface area contributed by atoms with Gasteiger partial charge in [0.15, 0.2) is 5.96 Å². The Labute approximate surface area is 166 Å². The first-order valence-corrected chi connectivity index (χ1v) is 9.61. The van der Waals surface area contributed by atoms with E-state index in [1.165, 1.54) is 5.56 Å². The van der Waals surface area contributed by atoms with Gasteiger partial charge >= 0.3 is 0 Å². The Morgan fingerprint density at radius 1 is 1.25 bits per heavy atom. The van der Waals surface area contributed by atoms with Crippen LogP contribution in [0.25, 0.3) is 0 Å². The molecule has 0 fully saturated rings. The van der Waals surface area contributed by atoms with Crippen molar-refractivity contribution >= 4 is 17.6 Å². The van der Waals surface area contributed by atoms with Crippen molar-refractivity contribution in [3.8, 4) is 5.75 Å². The van der Waals surface area contributed by atoms with E-state index in [0.29, 0.717) is 25.5 Å². The van der Waals surface area contributed by atoms with Crippen molar-refractivity contribution in [2.75, 3.05) is 25.5 Å². The first-order chi connectivity index (χ1) is 13.5. The number of hydrogen-bond donors (Lipinski definition) is 3. The number of carbonyl (C=O) groups is 1. The van der Waals surface area contributed by atoms with Crippen molar-refractivity contribution in [3.05, 3.63) is 59.7 Å². The summed E-state index contributed by atoms with van der Waals surface area (Å²) in [7, 11) is 1.74. The number of amides is 1. The van der Waals surface area contributed by atoms with Gasteiger partial charge in [-0.2, -0.15) is 0 Å². The Morgan fingerprint density at radius 3 is 2.86 bits per heavy atom. The minimum atomic E-state index is -0.0125. The van der Waals surface area contributed by atoms with Gasteiger partial charge in [-0.05, 0) is 43.2 Å². The maximum atomic E-state index is 12.0. The van der Waals surface area contributed by atoms with E-state index < -0.39 is 0 Å². The molecule has 2 atom stereocenters. The van der Waals surface area contributed by atoms with Crippen LogP contribution in [0.5, 0.6) is 5.75 Å². The number of rotatable bonds is 6. The van der Waals surface area contributed by atoms with Crippen LogP contribution in [-0.4, -0.2) is 38.1 Å². The van der Waals surface area contributed by atoms with Gasteiger partial charge in [0.25, 0.3) is 0 Å². The van der Waals surface area contributed by atoms with Crippen molar-refractivity contribution < 1.29 is 9.53 Å². The van der Waals surface area contributed by atoms with E-state index in [9.17, 15) is 4.79 Å². The molecule has 0 saturated carbocycles. The van der Waals surface area contributed by atoms with Crippen LogP contribution in [0.3, 0.4) is 0 Å². The van der Waals surface area contributed by atoms with Crippen LogP contribution in [0.15, 0.2) is 53.5 Å². The number of benzene rings is 2. The number of nitrogens with one attached hydrogen (secondary N) is 3. The van der Waals surface area contributed by atoms with Crippen molar-refractivity contribution in [2.45, 2.75) is 32.3 Å². The van der Waals surface area contributed by atoms with Crippen LogP contribution in [0.1, 0.15) is 30.4 Å². The van der Waals surface area contributed by atoms with Gasteiger partial charge in [0, 0.05) is 31.6 Å². The molecular formula is C22H28N4O2. The molecule has 1 aliphatic rings. The average Bonchev–Trinajstić information content (AvgIpc) is 2.67. The first kappa shape index (κ1) is 19.7. The lowest BCUT2D eigenvalue weighted by atomic mass is 9.90. The van der Waals surface area contributed by atoms with E-state index >= 15 is 0 Å². The van der Waals surface area contributed by atoms with Gasteiger partial charge in [-0.25, -0.2) is 0 Å². The molecule has 0 radical (unpaired) electrons. The minimum absolute atomic E-state index is 0.0125. The maximum Gasteiger partial charge on any atom is 0.225 e. The lowest BCUT2D eigenvalue weighted by Crippen LogP contribution is -2.43. The van der Waals surface area contributed by atoms with Gasteiger partial charge in [-0.1, -0.05) is 30.3 Å². The quantitative estimate of drug-likeness (QED) is 0.532. The normalized spacial score (nSPS) is 17.3. The molecule has 1 aliphatic heterocycles. The number of aryl methyl sites for hydroxylation is 1. The van der Waals surface area contributed by atoms with E-state index in [0.717, 1.165) is 17.0 Å². The maximum absolute atomic E-state index is 12.0. The number of fused-ring (bicyclic) bond motifs is 1. The van der Waals surface area contributed by atoms with Gasteiger partial charge in [0.2, 0.25) is 5.91 Å². The SMILES string of the molecule is CN=C(NCC(C)Oc1cccc(C)c1)NCC1CC(=O)Nc2ccccc21. The van der Waals surface area contributed by atoms with Gasteiger partial charge in [0.1, 0.15) is 11.9 Å². The summed E-state index contributed by atoms with van der Waals surface area (Å²) in [6, 6.07) is 16.0. The molecular weight excluding hydrogens is 352 g/mol. The number of ether oxygens (including phenoxy) is 1. The topological polar surface area (TPSA) is 74.8 Å². The lowest BCUT2D eigenvalue weighted by Gasteiger charge is -2.26. The molecule has 0 bridgehead atoms. The number of hydrogen-bond acceptors (Lipinski definition) is 3. The van der Waals surface area contributed by atoms with Crippen LogP contribution in [0.4, 0.5) is 5.69 Å². The highest BCUT2D eigenvalue weighted by atomic mass is 16.5. The largest absolute Gasteiger partial charge is 0.489 e. The summed E-state index contributed by atoms with van der Waals surface area (Å²) < 4.78 is 5.95. The molecule has 6 heteroatoms. The molecule has 0 spiro atoms. The minimum Gasteiger partial charge on any atom is -0.489 e. The molecule has 2 aromatic rings. The zero-order valence-corrected chi connectivity index (χ0v) is 16.7. The molecule has 3 rings (SSSR count). The molecule has 6 nitrogen and oxygen atoms in total. The van der Waals surface area contributed by atoms with Gasteiger partial charge in [-0.3, -0.25) is 9.79 Å². The van der Waals surface area contributed by atoms with Crippen LogP contribution in [-0.2, 0) is 4.79 Å². The fourth-order valence-electron chi connectivity index (χ4n) is 3.33. The summed E-state index contributed by atoms with van der Waals surface area (Å²) in [5, 5.41) is 9.55. The first-order valence-electron chi connectivity index (χ1n) is 9.61. The molecule has 28 heavy (non-hydrogen) atoms. The second-order valence-electron chi connectivity index (χ2n) is 7.12. The van der Waals surface area contributed by atoms with E-state index in [1.54, 1.807) is 7.05 Å². The monoisotopic (exact) mass is 380 g/mol.